The van der Waals surface area contributed by atoms with Gasteiger partial charge in [0.15, 0.2) is 0 Å². The molecule has 1 aliphatic rings. The third kappa shape index (κ3) is 4.58. The van der Waals surface area contributed by atoms with Crippen LogP contribution in [0.15, 0.2) is 42.7 Å². The predicted octanol–water partition coefficient (Wildman–Crippen LogP) is 2.42. The van der Waals surface area contributed by atoms with Crippen molar-refractivity contribution >= 4 is 11.7 Å². The lowest BCUT2D eigenvalue weighted by atomic mass is 9.91. The second kappa shape index (κ2) is 7.97. The highest BCUT2D eigenvalue weighted by Crippen LogP contribution is 2.26. The van der Waals surface area contributed by atoms with E-state index in [1.165, 1.54) is 18.4 Å². The van der Waals surface area contributed by atoms with Crippen molar-refractivity contribution in [1.82, 2.24) is 20.0 Å². The largest absolute Gasteiger partial charge is 0.337 e. The number of piperidine rings is 1. The van der Waals surface area contributed by atoms with Gasteiger partial charge in [0.2, 0.25) is 0 Å². The third-order valence-electron chi connectivity index (χ3n) is 4.45. The predicted molar refractivity (Wildman–Crippen MR) is 95.1 cm³/mol. The molecule has 2 heterocycles. The number of hydrogen-bond acceptors (Lipinski definition) is 3. The van der Waals surface area contributed by atoms with E-state index in [4.69, 9.17) is 0 Å². The van der Waals surface area contributed by atoms with Crippen molar-refractivity contribution in [3.63, 3.8) is 0 Å². The number of nitrogens with one attached hydrogen (secondary N) is 2. The lowest BCUT2D eigenvalue weighted by Gasteiger charge is -2.33. The van der Waals surface area contributed by atoms with Gasteiger partial charge in [-0.3, -0.25) is 4.68 Å². The van der Waals surface area contributed by atoms with Crippen LogP contribution in [0.5, 0.6) is 0 Å². The summed E-state index contributed by atoms with van der Waals surface area (Å²) in [6, 6.07) is 10.5. The maximum atomic E-state index is 11.9. The van der Waals surface area contributed by atoms with Crippen molar-refractivity contribution in [3.05, 3.63) is 48.3 Å². The summed E-state index contributed by atoms with van der Waals surface area (Å²) >= 11 is 0. The Morgan fingerprint density at radius 2 is 2.17 bits per heavy atom. The van der Waals surface area contributed by atoms with Crippen LogP contribution in [0, 0.1) is 0 Å². The Balaban J connectivity index is 1.40. The Kier molecular flexibility index (Phi) is 5.48. The van der Waals surface area contributed by atoms with Crippen molar-refractivity contribution in [2.45, 2.75) is 18.8 Å². The van der Waals surface area contributed by atoms with E-state index < -0.39 is 0 Å². The van der Waals surface area contributed by atoms with Gasteiger partial charge in [-0.2, -0.15) is 5.10 Å². The molecule has 24 heavy (non-hydrogen) atoms. The molecule has 128 valence electrons. The minimum atomic E-state index is -0.181. The number of carbonyl (C=O) groups is 1. The molecule has 1 aliphatic heterocycles. The van der Waals surface area contributed by atoms with Crippen LogP contribution in [-0.2, 0) is 7.05 Å². The molecule has 2 N–H and O–H groups in total. The number of likely N-dealkylation sites (tertiary alicyclic amines) is 1. The van der Waals surface area contributed by atoms with Crippen LogP contribution < -0.4 is 10.6 Å². The lowest BCUT2D eigenvalue weighted by molar-refractivity contribution is 0.207. The van der Waals surface area contributed by atoms with E-state index in [9.17, 15) is 4.79 Å². The number of hydrogen-bond donors (Lipinski definition) is 2. The minimum Gasteiger partial charge on any atom is -0.337 e. The van der Waals surface area contributed by atoms with E-state index in [0.29, 0.717) is 18.2 Å². The first-order valence-electron chi connectivity index (χ1n) is 8.51. The highest BCUT2D eigenvalue weighted by Gasteiger charge is 2.20. The maximum Gasteiger partial charge on any atom is 0.319 e. The van der Waals surface area contributed by atoms with Crippen LogP contribution >= 0.6 is 0 Å². The van der Waals surface area contributed by atoms with Crippen molar-refractivity contribution in [1.29, 1.82) is 0 Å². The van der Waals surface area contributed by atoms with Gasteiger partial charge in [-0.15, -0.1) is 0 Å². The van der Waals surface area contributed by atoms with E-state index >= 15 is 0 Å². The van der Waals surface area contributed by atoms with Crippen LogP contribution in [0.25, 0.3) is 0 Å². The standard InChI is InChI=1S/C18H25N5O/c1-22-14-17(12-20-22)21-18(24)19-9-11-23-10-5-8-16(13-23)15-6-3-2-4-7-15/h2-4,6-7,12,14,16H,5,8-11,13H2,1H3,(H2,19,21,24). The Morgan fingerprint density at radius 3 is 2.92 bits per heavy atom. The molecular weight excluding hydrogens is 302 g/mol. The molecule has 1 aromatic heterocycles. The molecule has 2 amide bonds. The average Bonchev–Trinajstić information content (AvgIpc) is 3.01. The van der Waals surface area contributed by atoms with Gasteiger partial charge in [-0.1, -0.05) is 30.3 Å². The highest BCUT2D eigenvalue weighted by molar-refractivity contribution is 5.88. The molecule has 2 aromatic rings. The van der Waals surface area contributed by atoms with Crippen molar-refractivity contribution in [3.8, 4) is 0 Å². The van der Waals surface area contributed by atoms with Gasteiger partial charge < -0.3 is 15.5 Å². The number of anilines is 1. The summed E-state index contributed by atoms with van der Waals surface area (Å²) in [6.45, 7) is 3.70. The fourth-order valence-electron chi connectivity index (χ4n) is 3.24. The highest BCUT2D eigenvalue weighted by atomic mass is 16.2. The van der Waals surface area contributed by atoms with Crippen LogP contribution in [-0.4, -0.2) is 46.9 Å². The summed E-state index contributed by atoms with van der Waals surface area (Å²) < 4.78 is 1.66. The summed E-state index contributed by atoms with van der Waals surface area (Å²) in [5.41, 5.74) is 2.13. The SMILES string of the molecule is Cn1cc(NC(=O)NCCN2CCCC(c3ccccc3)C2)cn1. The molecule has 0 bridgehead atoms. The summed E-state index contributed by atoms with van der Waals surface area (Å²) in [6.07, 6.45) is 5.86. The second-order valence-corrected chi connectivity index (χ2v) is 6.33. The molecule has 0 aliphatic carbocycles. The molecule has 1 aromatic carbocycles. The Bertz CT molecular complexity index is 654. The number of urea groups is 1. The molecule has 1 saturated heterocycles. The molecule has 0 saturated carbocycles. The molecule has 1 unspecified atom stereocenters. The number of nitrogens with zero attached hydrogens (tertiary/aromatic N) is 3. The number of rotatable bonds is 5. The number of aromatic nitrogens is 2. The summed E-state index contributed by atoms with van der Waals surface area (Å²) in [4.78, 5) is 14.3. The summed E-state index contributed by atoms with van der Waals surface area (Å²) in [5.74, 6) is 0.601. The first-order valence-corrected chi connectivity index (χ1v) is 8.51. The molecule has 0 radical (unpaired) electrons. The van der Waals surface area contributed by atoms with Gasteiger partial charge >= 0.3 is 6.03 Å². The fourth-order valence-corrected chi connectivity index (χ4v) is 3.24. The first kappa shape index (κ1) is 16.5. The monoisotopic (exact) mass is 327 g/mol. The van der Waals surface area contributed by atoms with Crippen molar-refractivity contribution in [2.24, 2.45) is 7.05 Å². The number of carbonyl (C=O) groups excluding carboxylic acids is 1. The zero-order valence-electron chi connectivity index (χ0n) is 14.1. The van der Waals surface area contributed by atoms with Gasteiger partial charge in [0, 0.05) is 32.9 Å². The zero-order chi connectivity index (χ0) is 16.8. The van der Waals surface area contributed by atoms with Gasteiger partial charge in [0.1, 0.15) is 0 Å². The normalized spacial score (nSPS) is 18.3. The number of aryl methyl sites for hydroxylation is 1. The van der Waals surface area contributed by atoms with Crippen LogP contribution in [0.1, 0.15) is 24.3 Å². The minimum absolute atomic E-state index is 0.181. The van der Waals surface area contributed by atoms with Crippen LogP contribution in [0.3, 0.4) is 0 Å². The molecule has 3 rings (SSSR count). The van der Waals surface area contributed by atoms with E-state index in [1.54, 1.807) is 17.1 Å². The quantitative estimate of drug-likeness (QED) is 0.886. The molecule has 6 heteroatoms. The number of amides is 2. The Morgan fingerprint density at radius 1 is 1.33 bits per heavy atom. The number of benzene rings is 1. The van der Waals surface area contributed by atoms with Gasteiger partial charge in [-0.25, -0.2) is 4.79 Å². The molecule has 6 nitrogen and oxygen atoms in total. The Hall–Kier alpha value is -2.34. The fraction of sp³-hybridized carbons (Fsp3) is 0.444. The second-order valence-electron chi connectivity index (χ2n) is 6.33. The lowest BCUT2D eigenvalue weighted by Crippen LogP contribution is -2.41. The topological polar surface area (TPSA) is 62.2 Å². The third-order valence-corrected chi connectivity index (χ3v) is 4.45. The van der Waals surface area contributed by atoms with Crippen LogP contribution in [0.2, 0.25) is 0 Å². The zero-order valence-corrected chi connectivity index (χ0v) is 14.1. The molecule has 0 spiro atoms. The van der Waals surface area contributed by atoms with Gasteiger partial charge in [0.05, 0.1) is 11.9 Å². The summed E-state index contributed by atoms with van der Waals surface area (Å²) in [5, 5.41) is 9.72. The molecular formula is C18H25N5O. The summed E-state index contributed by atoms with van der Waals surface area (Å²) in [7, 11) is 1.82. The smallest absolute Gasteiger partial charge is 0.319 e. The van der Waals surface area contributed by atoms with Crippen LogP contribution in [0.4, 0.5) is 10.5 Å². The maximum absolute atomic E-state index is 11.9. The average molecular weight is 327 g/mol. The van der Waals surface area contributed by atoms with Crippen molar-refractivity contribution < 1.29 is 4.79 Å². The van der Waals surface area contributed by atoms with E-state index in [-0.39, 0.29) is 6.03 Å². The molecule has 1 atom stereocenters. The van der Waals surface area contributed by atoms with E-state index in [2.05, 4.69) is 51.0 Å². The van der Waals surface area contributed by atoms with Gasteiger partial charge in [0.25, 0.3) is 0 Å². The van der Waals surface area contributed by atoms with E-state index in [1.807, 2.05) is 7.05 Å². The first-order chi connectivity index (χ1) is 11.7. The molecule has 1 fully saturated rings. The van der Waals surface area contributed by atoms with Crippen molar-refractivity contribution in [2.75, 3.05) is 31.5 Å². The van der Waals surface area contributed by atoms with Gasteiger partial charge in [-0.05, 0) is 30.9 Å². The van der Waals surface area contributed by atoms with E-state index in [0.717, 1.165) is 19.6 Å². The Labute approximate surface area is 142 Å².